The van der Waals surface area contributed by atoms with E-state index in [1.165, 1.54) is 12.8 Å². The lowest BCUT2D eigenvalue weighted by Crippen LogP contribution is -2.17. The second kappa shape index (κ2) is 8.21. The quantitative estimate of drug-likeness (QED) is 0.647. The first-order valence-electron chi connectivity index (χ1n) is 8.51. The lowest BCUT2D eigenvalue weighted by molar-refractivity contribution is 0.405. The van der Waals surface area contributed by atoms with Gasteiger partial charge in [-0.15, -0.1) is 0 Å². The average Bonchev–Trinajstić information content (AvgIpc) is 3.39. The SMILES string of the molecule is CN(C)CCCNc1nc(Nc2ccc(Cl)cc2Cl)cc(C2CC2)n1. The van der Waals surface area contributed by atoms with E-state index < -0.39 is 0 Å². The number of nitrogens with zero attached hydrogens (tertiary/aromatic N) is 3. The van der Waals surface area contributed by atoms with Gasteiger partial charge in [-0.05, 0) is 58.1 Å². The molecule has 1 aliphatic carbocycles. The van der Waals surface area contributed by atoms with Crippen molar-refractivity contribution < 1.29 is 0 Å². The molecule has 1 fully saturated rings. The molecule has 3 rings (SSSR count). The van der Waals surface area contributed by atoms with Crippen LogP contribution in [0.2, 0.25) is 10.0 Å². The third-order valence-electron chi connectivity index (χ3n) is 4.00. The molecule has 5 nitrogen and oxygen atoms in total. The van der Waals surface area contributed by atoms with Gasteiger partial charge in [0.25, 0.3) is 0 Å². The molecular formula is C18H23Cl2N5. The summed E-state index contributed by atoms with van der Waals surface area (Å²) in [6, 6.07) is 7.38. The highest BCUT2D eigenvalue weighted by Gasteiger charge is 2.26. The Hall–Kier alpha value is -1.56. The molecule has 1 aromatic carbocycles. The molecular weight excluding hydrogens is 357 g/mol. The zero-order valence-electron chi connectivity index (χ0n) is 14.5. The van der Waals surface area contributed by atoms with Crippen molar-refractivity contribution in [3.05, 3.63) is 40.0 Å². The molecule has 2 N–H and O–H groups in total. The fourth-order valence-corrected chi connectivity index (χ4v) is 2.98. The molecule has 1 heterocycles. The molecule has 1 saturated carbocycles. The fraction of sp³-hybridized carbons (Fsp3) is 0.444. The number of anilines is 3. The van der Waals surface area contributed by atoms with Crippen molar-refractivity contribution >= 4 is 40.7 Å². The smallest absolute Gasteiger partial charge is 0.224 e. The van der Waals surface area contributed by atoms with Gasteiger partial charge in [-0.1, -0.05) is 23.2 Å². The van der Waals surface area contributed by atoms with E-state index in [1.807, 2.05) is 12.1 Å². The molecule has 0 aliphatic heterocycles. The third kappa shape index (κ3) is 5.46. The molecule has 25 heavy (non-hydrogen) atoms. The van der Waals surface area contributed by atoms with Gasteiger partial charge in [0.15, 0.2) is 0 Å². The van der Waals surface area contributed by atoms with E-state index in [-0.39, 0.29) is 0 Å². The molecule has 0 unspecified atom stereocenters. The summed E-state index contributed by atoms with van der Waals surface area (Å²) in [6.07, 6.45) is 3.42. The van der Waals surface area contributed by atoms with Crippen LogP contribution in [-0.4, -0.2) is 42.1 Å². The molecule has 0 amide bonds. The van der Waals surface area contributed by atoms with Crippen molar-refractivity contribution in [2.45, 2.75) is 25.2 Å². The molecule has 134 valence electrons. The van der Waals surface area contributed by atoms with Gasteiger partial charge < -0.3 is 15.5 Å². The Morgan fingerprint density at radius 1 is 1.16 bits per heavy atom. The Morgan fingerprint density at radius 2 is 1.96 bits per heavy atom. The molecule has 0 radical (unpaired) electrons. The number of aromatic nitrogens is 2. The van der Waals surface area contributed by atoms with E-state index in [9.17, 15) is 0 Å². The van der Waals surface area contributed by atoms with Gasteiger partial charge in [0.05, 0.1) is 16.4 Å². The number of benzene rings is 1. The molecule has 2 aromatic rings. The van der Waals surface area contributed by atoms with Crippen molar-refractivity contribution in [2.75, 3.05) is 37.8 Å². The van der Waals surface area contributed by atoms with Gasteiger partial charge in [-0.25, -0.2) is 4.98 Å². The van der Waals surface area contributed by atoms with Crippen LogP contribution >= 0.6 is 23.2 Å². The predicted molar refractivity (Wildman–Crippen MR) is 105 cm³/mol. The summed E-state index contributed by atoms with van der Waals surface area (Å²) in [5, 5.41) is 7.79. The second-order valence-corrected chi connectivity index (χ2v) is 7.45. The highest BCUT2D eigenvalue weighted by molar-refractivity contribution is 6.36. The molecule has 0 saturated heterocycles. The lowest BCUT2D eigenvalue weighted by Gasteiger charge is -2.13. The van der Waals surface area contributed by atoms with Crippen LogP contribution in [0.5, 0.6) is 0 Å². The molecule has 0 spiro atoms. The maximum atomic E-state index is 6.26. The van der Waals surface area contributed by atoms with Crippen LogP contribution in [0.4, 0.5) is 17.5 Å². The third-order valence-corrected chi connectivity index (χ3v) is 4.55. The van der Waals surface area contributed by atoms with E-state index in [2.05, 4.69) is 39.6 Å². The summed E-state index contributed by atoms with van der Waals surface area (Å²) in [6.45, 7) is 1.87. The molecule has 7 heteroatoms. The first-order chi connectivity index (χ1) is 12.0. The highest BCUT2D eigenvalue weighted by Crippen LogP contribution is 2.40. The summed E-state index contributed by atoms with van der Waals surface area (Å²) >= 11 is 12.2. The van der Waals surface area contributed by atoms with Crippen LogP contribution in [0.15, 0.2) is 24.3 Å². The number of halogens is 2. The van der Waals surface area contributed by atoms with Crippen molar-refractivity contribution in [3.63, 3.8) is 0 Å². The predicted octanol–water partition coefficient (Wildman–Crippen LogP) is 4.77. The average molecular weight is 380 g/mol. The maximum absolute atomic E-state index is 6.26. The molecule has 1 aliphatic rings. The van der Waals surface area contributed by atoms with Crippen molar-refractivity contribution in [3.8, 4) is 0 Å². The van der Waals surface area contributed by atoms with Crippen molar-refractivity contribution in [2.24, 2.45) is 0 Å². The zero-order chi connectivity index (χ0) is 17.8. The fourth-order valence-electron chi connectivity index (χ4n) is 2.52. The Morgan fingerprint density at radius 3 is 2.64 bits per heavy atom. The van der Waals surface area contributed by atoms with Crippen LogP contribution in [0.1, 0.15) is 30.9 Å². The molecule has 0 bridgehead atoms. The largest absolute Gasteiger partial charge is 0.354 e. The maximum Gasteiger partial charge on any atom is 0.224 e. The Kier molecular flexibility index (Phi) is 5.99. The number of nitrogens with one attached hydrogen (secondary N) is 2. The summed E-state index contributed by atoms with van der Waals surface area (Å²) in [5.74, 6) is 1.96. The van der Waals surface area contributed by atoms with Crippen LogP contribution in [0.25, 0.3) is 0 Å². The number of hydrogen-bond donors (Lipinski definition) is 2. The van der Waals surface area contributed by atoms with Gasteiger partial charge in [0, 0.05) is 23.6 Å². The van der Waals surface area contributed by atoms with E-state index in [1.54, 1.807) is 12.1 Å². The van der Waals surface area contributed by atoms with Gasteiger partial charge >= 0.3 is 0 Å². The molecule has 0 atom stereocenters. The normalized spacial score (nSPS) is 14.0. The van der Waals surface area contributed by atoms with Crippen LogP contribution in [-0.2, 0) is 0 Å². The number of rotatable bonds is 8. The van der Waals surface area contributed by atoms with Crippen molar-refractivity contribution in [1.82, 2.24) is 14.9 Å². The standard InChI is InChI=1S/C18H23Cl2N5/c1-25(2)9-3-8-21-18-23-16(12-4-5-12)11-17(24-18)22-15-7-6-13(19)10-14(15)20/h6-7,10-12H,3-5,8-9H2,1-2H3,(H2,21,22,23,24). The van der Waals surface area contributed by atoms with Crippen LogP contribution in [0, 0.1) is 0 Å². The monoisotopic (exact) mass is 379 g/mol. The topological polar surface area (TPSA) is 53.1 Å². The van der Waals surface area contributed by atoms with Gasteiger partial charge in [-0.2, -0.15) is 4.98 Å². The highest BCUT2D eigenvalue weighted by atomic mass is 35.5. The first kappa shape index (κ1) is 18.2. The first-order valence-corrected chi connectivity index (χ1v) is 9.26. The lowest BCUT2D eigenvalue weighted by atomic mass is 10.2. The van der Waals surface area contributed by atoms with E-state index >= 15 is 0 Å². The van der Waals surface area contributed by atoms with Gasteiger partial charge in [0.1, 0.15) is 5.82 Å². The second-order valence-electron chi connectivity index (χ2n) is 6.61. The Bertz CT molecular complexity index is 731. The summed E-state index contributed by atoms with van der Waals surface area (Å²) in [5.41, 5.74) is 1.86. The summed E-state index contributed by atoms with van der Waals surface area (Å²) in [7, 11) is 4.14. The number of hydrogen-bond acceptors (Lipinski definition) is 5. The summed E-state index contributed by atoms with van der Waals surface area (Å²) < 4.78 is 0. The van der Waals surface area contributed by atoms with Crippen LogP contribution in [0.3, 0.4) is 0 Å². The summed E-state index contributed by atoms with van der Waals surface area (Å²) in [4.78, 5) is 11.4. The Labute approximate surface area is 158 Å². The zero-order valence-corrected chi connectivity index (χ0v) is 16.0. The Balaban J connectivity index is 1.73. The minimum absolute atomic E-state index is 0.548. The van der Waals surface area contributed by atoms with E-state index in [0.717, 1.165) is 36.7 Å². The van der Waals surface area contributed by atoms with E-state index in [4.69, 9.17) is 23.2 Å². The minimum atomic E-state index is 0.548. The van der Waals surface area contributed by atoms with Gasteiger partial charge in [-0.3, -0.25) is 0 Å². The minimum Gasteiger partial charge on any atom is -0.354 e. The van der Waals surface area contributed by atoms with Crippen molar-refractivity contribution in [1.29, 1.82) is 0 Å². The molecule has 1 aromatic heterocycles. The van der Waals surface area contributed by atoms with Crippen LogP contribution < -0.4 is 10.6 Å². The van der Waals surface area contributed by atoms with Gasteiger partial charge in [0.2, 0.25) is 5.95 Å². The van der Waals surface area contributed by atoms with E-state index in [0.29, 0.717) is 21.9 Å².